The van der Waals surface area contributed by atoms with Gasteiger partial charge in [0.05, 0.1) is 23.1 Å². The molecular formula is C12H17FN2O3. The zero-order valence-electron chi connectivity index (χ0n) is 10.3. The molecule has 1 rings (SSSR count). The Bertz CT molecular complexity index is 439. The third-order valence-corrected chi connectivity index (χ3v) is 3.14. The maximum absolute atomic E-state index is 13.0. The summed E-state index contributed by atoms with van der Waals surface area (Å²) in [5.41, 5.74) is 5.58. The first-order valence-corrected chi connectivity index (χ1v) is 5.76. The summed E-state index contributed by atoms with van der Waals surface area (Å²) in [5, 5.41) is 20.8. The summed E-state index contributed by atoms with van der Waals surface area (Å²) < 4.78 is 13.0. The average molecular weight is 256 g/mol. The van der Waals surface area contributed by atoms with Crippen molar-refractivity contribution in [3.63, 3.8) is 0 Å². The maximum Gasteiger partial charge on any atom is 0.277 e. The molecule has 0 spiro atoms. The van der Waals surface area contributed by atoms with Crippen LogP contribution in [0, 0.1) is 21.8 Å². The summed E-state index contributed by atoms with van der Waals surface area (Å²) in [6.45, 7) is 3.69. The van der Waals surface area contributed by atoms with Gasteiger partial charge in [0, 0.05) is 5.56 Å². The minimum Gasteiger partial charge on any atom is -0.391 e. The van der Waals surface area contributed by atoms with E-state index in [-0.39, 0.29) is 11.5 Å². The monoisotopic (exact) mass is 256 g/mol. The van der Waals surface area contributed by atoms with Gasteiger partial charge < -0.3 is 10.8 Å². The van der Waals surface area contributed by atoms with E-state index in [1.807, 2.05) is 6.92 Å². The molecule has 0 aliphatic carbocycles. The largest absolute Gasteiger partial charge is 0.391 e. The van der Waals surface area contributed by atoms with Crippen LogP contribution in [0.4, 0.5) is 10.1 Å². The lowest BCUT2D eigenvalue weighted by Crippen LogP contribution is -2.32. The van der Waals surface area contributed by atoms with Gasteiger partial charge in [-0.05, 0) is 18.1 Å². The zero-order valence-corrected chi connectivity index (χ0v) is 10.3. The highest BCUT2D eigenvalue weighted by Gasteiger charge is 2.28. The second-order valence-corrected chi connectivity index (χ2v) is 4.36. The second-order valence-electron chi connectivity index (χ2n) is 4.36. The van der Waals surface area contributed by atoms with Gasteiger partial charge in [-0.15, -0.1) is 0 Å². The average Bonchev–Trinajstić information content (AvgIpc) is 2.35. The predicted octanol–water partition coefficient (Wildman–Crippen LogP) is 2.14. The lowest BCUT2D eigenvalue weighted by atomic mass is 9.91. The Hall–Kier alpha value is -1.53. The highest BCUT2D eigenvalue weighted by Crippen LogP contribution is 2.29. The molecule has 100 valence electrons. The van der Waals surface area contributed by atoms with Crippen LogP contribution in [0.1, 0.15) is 31.9 Å². The first kappa shape index (κ1) is 14.5. The third kappa shape index (κ3) is 3.02. The first-order chi connectivity index (χ1) is 8.38. The molecule has 6 heteroatoms. The van der Waals surface area contributed by atoms with E-state index in [2.05, 4.69) is 0 Å². The van der Waals surface area contributed by atoms with Crippen LogP contribution in [0.2, 0.25) is 0 Å². The van der Waals surface area contributed by atoms with Crippen molar-refractivity contribution in [3.05, 3.63) is 39.7 Å². The fourth-order valence-electron chi connectivity index (χ4n) is 1.74. The molecule has 0 bridgehead atoms. The molecule has 18 heavy (non-hydrogen) atoms. The quantitative estimate of drug-likeness (QED) is 0.624. The smallest absolute Gasteiger partial charge is 0.277 e. The van der Waals surface area contributed by atoms with E-state index < -0.39 is 28.6 Å². The van der Waals surface area contributed by atoms with Crippen molar-refractivity contribution in [1.82, 2.24) is 0 Å². The number of nitrogens with zero attached hydrogens (tertiary/aromatic N) is 1. The predicted molar refractivity (Wildman–Crippen MR) is 65.4 cm³/mol. The summed E-state index contributed by atoms with van der Waals surface area (Å²) in [4.78, 5) is 10.1. The van der Waals surface area contributed by atoms with Crippen molar-refractivity contribution >= 4 is 5.69 Å². The molecule has 0 aliphatic rings. The van der Waals surface area contributed by atoms with Crippen LogP contribution < -0.4 is 5.73 Å². The number of halogens is 1. The Morgan fingerprint density at radius 3 is 2.67 bits per heavy atom. The fourth-order valence-corrected chi connectivity index (χ4v) is 1.74. The lowest BCUT2D eigenvalue weighted by molar-refractivity contribution is -0.386. The van der Waals surface area contributed by atoms with Crippen molar-refractivity contribution in [2.75, 3.05) is 0 Å². The molecule has 0 aliphatic heterocycles. The summed E-state index contributed by atoms with van der Waals surface area (Å²) in [7, 11) is 0. The van der Waals surface area contributed by atoms with E-state index in [1.54, 1.807) is 6.92 Å². The first-order valence-electron chi connectivity index (χ1n) is 5.76. The van der Waals surface area contributed by atoms with Gasteiger partial charge in [-0.25, -0.2) is 4.39 Å². The van der Waals surface area contributed by atoms with Crippen molar-refractivity contribution in [3.8, 4) is 0 Å². The van der Waals surface area contributed by atoms with E-state index in [0.29, 0.717) is 6.42 Å². The number of benzene rings is 1. The van der Waals surface area contributed by atoms with Gasteiger partial charge in [0.1, 0.15) is 5.82 Å². The van der Waals surface area contributed by atoms with Crippen LogP contribution >= 0.6 is 0 Å². The van der Waals surface area contributed by atoms with Crippen molar-refractivity contribution < 1.29 is 14.4 Å². The molecule has 0 radical (unpaired) electrons. The molecule has 1 aromatic carbocycles. The number of aliphatic hydroxyl groups excluding tert-OH is 1. The number of rotatable bonds is 5. The summed E-state index contributed by atoms with van der Waals surface area (Å²) in [5.74, 6) is -0.791. The Morgan fingerprint density at radius 2 is 2.17 bits per heavy atom. The van der Waals surface area contributed by atoms with Crippen LogP contribution in [0.5, 0.6) is 0 Å². The molecule has 1 unspecified atom stereocenters. The van der Waals surface area contributed by atoms with Gasteiger partial charge in [-0.3, -0.25) is 10.1 Å². The summed E-state index contributed by atoms with van der Waals surface area (Å²) in [6.07, 6.45) is -0.205. The van der Waals surface area contributed by atoms with Gasteiger partial charge in [-0.2, -0.15) is 0 Å². The standard InChI is InChI=1S/C12H17FN2O3/c1-3-7(2)12(16)11(14)9-5-4-8(13)6-10(9)15(17)18/h4-7,11-12,16H,3,14H2,1-2H3/t7?,11-,12+/m1/s1. The van der Waals surface area contributed by atoms with Crippen LogP contribution in [0.25, 0.3) is 0 Å². The van der Waals surface area contributed by atoms with Crippen molar-refractivity contribution in [2.45, 2.75) is 32.4 Å². The number of hydrogen-bond donors (Lipinski definition) is 2. The van der Waals surface area contributed by atoms with E-state index >= 15 is 0 Å². The second kappa shape index (κ2) is 5.88. The minimum absolute atomic E-state index is 0.0929. The summed E-state index contributed by atoms with van der Waals surface area (Å²) >= 11 is 0. The normalized spacial score (nSPS) is 16.1. The van der Waals surface area contributed by atoms with E-state index in [4.69, 9.17) is 5.73 Å². The van der Waals surface area contributed by atoms with Gasteiger partial charge in [0.25, 0.3) is 5.69 Å². The number of nitro groups is 1. The molecule has 0 fully saturated rings. The van der Waals surface area contributed by atoms with E-state index in [0.717, 1.165) is 12.1 Å². The number of nitrogens with two attached hydrogens (primary N) is 1. The highest BCUT2D eigenvalue weighted by molar-refractivity contribution is 5.43. The lowest BCUT2D eigenvalue weighted by Gasteiger charge is -2.24. The molecule has 3 atom stereocenters. The van der Waals surface area contributed by atoms with E-state index in [9.17, 15) is 19.6 Å². The topological polar surface area (TPSA) is 89.4 Å². The molecule has 0 saturated carbocycles. The van der Waals surface area contributed by atoms with Crippen LogP contribution in [-0.4, -0.2) is 16.1 Å². The Kier molecular flexibility index (Phi) is 4.75. The minimum atomic E-state index is -0.904. The Morgan fingerprint density at radius 1 is 1.56 bits per heavy atom. The van der Waals surface area contributed by atoms with Gasteiger partial charge in [0.2, 0.25) is 0 Å². The van der Waals surface area contributed by atoms with E-state index in [1.165, 1.54) is 6.07 Å². The zero-order chi connectivity index (χ0) is 13.9. The van der Waals surface area contributed by atoms with Gasteiger partial charge in [0.15, 0.2) is 0 Å². The molecule has 0 heterocycles. The molecular weight excluding hydrogens is 239 g/mol. The number of nitro benzene ring substituents is 1. The number of aliphatic hydroxyl groups is 1. The Balaban J connectivity index is 3.12. The third-order valence-electron chi connectivity index (χ3n) is 3.14. The fraction of sp³-hybridized carbons (Fsp3) is 0.500. The van der Waals surface area contributed by atoms with Crippen LogP contribution in [0.3, 0.4) is 0 Å². The molecule has 3 N–H and O–H groups in total. The van der Waals surface area contributed by atoms with Crippen LogP contribution in [-0.2, 0) is 0 Å². The van der Waals surface area contributed by atoms with Gasteiger partial charge in [-0.1, -0.05) is 20.3 Å². The molecule has 0 aromatic heterocycles. The van der Waals surface area contributed by atoms with Crippen molar-refractivity contribution in [1.29, 1.82) is 0 Å². The summed E-state index contributed by atoms with van der Waals surface area (Å²) in [6, 6.07) is 2.27. The highest BCUT2D eigenvalue weighted by atomic mass is 19.1. The SMILES string of the molecule is CCC(C)[C@H](O)[C@H](N)c1ccc(F)cc1[N+](=O)[O-]. The van der Waals surface area contributed by atoms with Gasteiger partial charge >= 0.3 is 0 Å². The van der Waals surface area contributed by atoms with Crippen LogP contribution in [0.15, 0.2) is 18.2 Å². The molecule has 0 amide bonds. The maximum atomic E-state index is 13.0. The molecule has 5 nitrogen and oxygen atoms in total. The molecule has 0 saturated heterocycles. The Labute approximate surface area is 105 Å². The van der Waals surface area contributed by atoms with Crippen molar-refractivity contribution in [2.24, 2.45) is 11.7 Å². The molecule has 1 aromatic rings. The number of hydrogen-bond acceptors (Lipinski definition) is 4.